The zero-order chi connectivity index (χ0) is 24.7. The van der Waals surface area contributed by atoms with Gasteiger partial charge in [0.15, 0.2) is 5.65 Å². The molecule has 3 heterocycles. The molecule has 2 atom stereocenters. The molecule has 2 fully saturated rings. The largest absolute Gasteiger partial charge is 0.379 e. The van der Waals surface area contributed by atoms with Crippen LogP contribution in [0.15, 0.2) is 35.4 Å². The third-order valence-electron chi connectivity index (χ3n) is 7.14. The Balaban J connectivity index is 1.42. The number of rotatable bonds is 7. The second-order valence-corrected chi connectivity index (χ2v) is 9.55. The molecule has 0 aliphatic heterocycles. The van der Waals surface area contributed by atoms with E-state index in [1.807, 2.05) is 12.3 Å². The highest BCUT2D eigenvalue weighted by Gasteiger charge is 2.39. The first-order chi connectivity index (χ1) is 16.8. The monoisotopic (exact) mass is 483 g/mol. The quantitative estimate of drug-likeness (QED) is 0.473. The number of anilines is 3. The van der Waals surface area contributed by atoms with Crippen LogP contribution in [0.25, 0.3) is 5.65 Å². The zero-order valence-electron chi connectivity index (χ0n) is 20.0. The summed E-state index contributed by atoms with van der Waals surface area (Å²) in [5, 5.41) is 13.1. The number of nitrogens with one attached hydrogen (secondary N) is 3. The number of pyridine rings is 1. The minimum Gasteiger partial charge on any atom is -0.379 e. The minimum atomic E-state index is -1.01. The number of alkyl halides is 1. The number of methoxy groups -OCH3 is 1. The number of amides is 1. The summed E-state index contributed by atoms with van der Waals surface area (Å²) < 4.78 is 22.2. The van der Waals surface area contributed by atoms with Crippen molar-refractivity contribution < 1.29 is 13.9 Å². The van der Waals surface area contributed by atoms with Crippen molar-refractivity contribution in [2.75, 3.05) is 24.8 Å². The summed E-state index contributed by atoms with van der Waals surface area (Å²) >= 11 is 0. The lowest BCUT2D eigenvalue weighted by molar-refractivity contribution is -0.0324. The van der Waals surface area contributed by atoms with Gasteiger partial charge in [0.25, 0.3) is 11.5 Å². The second-order valence-electron chi connectivity index (χ2n) is 9.55. The standard InChI is InChI=1S/C24H30FN7O3/c1-24(35-3)8-6-14(7-9-24)31-10-4-5-17(23(31)34)28-19-12-20(26-2)32-21(30-19)15(13-27-32)22(33)29-18-11-16(18)25/h4-5,10,12-14,16,18,26H,6-9,11H2,1-3H3,(H,28,30)(H,29,33)/t14-,16-,18+,24+/m1/s1. The van der Waals surface area contributed by atoms with Crippen LogP contribution >= 0.6 is 0 Å². The fourth-order valence-electron chi connectivity index (χ4n) is 4.65. The second kappa shape index (κ2) is 8.95. The summed E-state index contributed by atoms with van der Waals surface area (Å²) in [5.41, 5.74) is 0.641. The number of fused-ring (bicyclic) bond motifs is 1. The smallest absolute Gasteiger partial charge is 0.274 e. The molecule has 3 aromatic rings. The van der Waals surface area contributed by atoms with Crippen molar-refractivity contribution in [3.8, 4) is 0 Å². The Morgan fingerprint density at radius 2 is 2.06 bits per heavy atom. The van der Waals surface area contributed by atoms with Crippen molar-refractivity contribution in [1.82, 2.24) is 24.5 Å². The van der Waals surface area contributed by atoms with E-state index in [1.165, 1.54) is 10.7 Å². The fourth-order valence-corrected chi connectivity index (χ4v) is 4.65. The summed E-state index contributed by atoms with van der Waals surface area (Å²) in [4.78, 5) is 30.5. The van der Waals surface area contributed by atoms with Gasteiger partial charge in [-0.05, 0) is 44.7 Å². The maximum atomic E-state index is 13.3. The molecule has 2 aliphatic rings. The number of ether oxygens (including phenoxy) is 1. The number of hydrogen-bond acceptors (Lipinski definition) is 7. The van der Waals surface area contributed by atoms with Crippen LogP contribution in [-0.4, -0.2) is 57.0 Å². The predicted octanol–water partition coefficient (Wildman–Crippen LogP) is 3.04. The number of hydrogen-bond donors (Lipinski definition) is 3. The van der Waals surface area contributed by atoms with Gasteiger partial charge in [0.2, 0.25) is 0 Å². The van der Waals surface area contributed by atoms with Crippen LogP contribution in [0.4, 0.5) is 21.7 Å². The molecule has 0 radical (unpaired) electrons. The highest BCUT2D eigenvalue weighted by atomic mass is 19.1. The fraction of sp³-hybridized carbons (Fsp3) is 0.500. The van der Waals surface area contributed by atoms with Gasteiger partial charge < -0.3 is 25.3 Å². The van der Waals surface area contributed by atoms with E-state index in [-0.39, 0.29) is 22.8 Å². The molecule has 5 rings (SSSR count). The van der Waals surface area contributed by atoms with Gasteiger partial charge in [0.05, 0.1) is 17.8 Å². The first-order valence-electron chi connectivity index (χ1n) is 11.9. The van der Waals surface area contributed by atoms with Crippen LogP contribution in [-0.2, 0) is 4.74 Å². The lowest BCUT2D eigenvalue weighted by atomic mass is 9.83. The van der Waals surface area contributed by atoms with Crippen LogP contribution in [0.5, 0.6) is 0 Å². The van der Waals surface area contributed by atoms with Gasteiger partial charge in [-0.15, -0.1) is 0 Å². The summed E-state index contributed by atoms with van der Waals surface area (Å²) in [6, 6.07) is 4.90. The van der Waals surface area contributed by atoms with E-state index < -0.39 is 18.1 Å². The molecule has 2 aliphatic carbocycles. The van der Waals surface area contributed by atoms with Crippen LogP contribution in [0.1, 0.15) is 55.4 Å². The maximum Gasteiger partial charge on any atom is 0.274 e. The summed E-state index contributed by atoms with van der Waals surface area (Å²) in [7, 11) is 3.46. The van der Waals surface area contributed by atoms with Crippen molar-refractivity contribution in [3.63, 3.8) is 0 Å². The zero-order valence-corrected chi connectivity index (χ0v) is 20.0. The van der Waals surface area contributed by atoms with Crippen molar-refractivity contribution in [2.45, 2.75) is 62.9 Å². The van der Waals surface area contributed by atoms with E-state index in [9.17, 15) is 14.0 Å². The number of aromatic nitrogens is 4. The molecule has 0 aromatic carbocycles. The molecule has 3 N–H and O–H groups in total. The summed E-state index contributed by atoms with van der Waals surface area (Å²) in [6.45, 7) is 2.11. The molecule has 1 amide bonds. The molecule has 2 saturated carbocycles. The lowest BCUT2D eigenvalue weighted by Crippen LogP contribution is -2.36. The van der Waals surface area contributed by atoms with E-state index in [0.29, 0.717) is 29.4 Å². The molecule has 0 spiro atoms. The first-order valence-corrected chi connectivity index (χ1v) is 11.9. The third-order valence-corrected chi connectivity index (χ3v) is 7.14. The summed E-state index contributed by atoms with van der Waals surface area (Å²) in [5.74, 6) is 0.532. The number of carbonyl (C=O) groups is 1. The van der Waals surface area contributed by atoms with Crippen LogP contribution in [0, 0.1) is 0 Å². The van der Waals surface area contributed by atoms with Crippen LogP contribution < -0.4 is 21.5 Å². The maximum absolute atomic E-state index is 13.3. The Kier molecular flexibility index (Phi) is 5.96. The predicted molar refractivity (Wildman–Crippen MR) is 130 cm³/mol. The Hall–Kier alpha value is -3.47. The van der Waals surface area contributed by atoms with Gasteiger partial charge >= 0.3 is 0 Å². The SMILES string of the molecule is CNc1cc(Nc2cccn([C@H]3CC[C@@](C)(OC)CC3)c2=O)nc2c(C(=O)N[C@H]3C[C@H]3F)cnn12. The van der Waals surface area contributed by atoms with E-state index in [4.69, 9.17) is 4.74 Å². The molecule has 186 valence electrons. The number of nitrogens with zero attached hydrogens (tertiary/aromatic N) is 4. The van der Waals surface area contributed by atoms with Crippen LogP contribution in [0.2, 0.25) is 0 Å². The minimum absolute atomic E-state index is 0.0997. The van der Waals surface area contributed by atoms with Gasteiger partial charge in [0.1, 0.15) is 29.1 Å². The highest BCUT2D eigenvalue weighted by Crippen LogP contribution is 2.36. The number of carbonyl (C=O) groups excluding carboxylic acids is 1. The third kappa shape index (κ3) is 4.47. The van der Waals surface area contributed by atoms with Gasteiger partial charge in [-0.1, -0.05) is 0 Å². The Bertz CT molecular complexity index is 1310. The van der Waals surface area contributed by atoms with E-state index in [0.717, 1.165) is 25.7 Å². The highest BCUT2D eigenvalue weighted by molar-refractivity contribution is 6.00. The van der Waals surface area contributed by atoms with Crippen molar-refractivity contribution in [3.05, 3.63) is 46.5 Å². The van der Waals surface area contributed by atoms with E-state index in [1.54, 1.807) is 30.9 Å². The molecule has 11 heteroatoms. The average molecular weight is 484 g/mol. The first kappa shape index (κ1) is 23.3. The molecule has 35 heavy (non-hydrogen) atoms. The Labute approximate surface area is 201 Å². The lowest BCUT2D eigenvalue weighted by Gasteiger charge is -2.36. The van der Waals surface area contributed by atoms with Gasteiger partial charge in [-0.2, -0.15) is 9.61 Å². The molecular formula is C24H30FN7O3. The van der Waals surface area contributed by atoms with E-state index in [2.05, 4.69) is 33.0 Å². The van der Waals surface area contributed by atoms with Crippen molar-refractivity contribution >= 4 is 28.9 Å². The van der Waals surface area contributed by atoms with Crippen molar-refractivity contribution in [2.24, 2.45) is 0 Å². The Morgan fingerprint density at radius 3 is 2.71 bits per heavy atom. The van der Waals surface area contributed by atoms with Crippen LogP contribution in [0.3, 0.4) is 0 Å². The topological polar surface area (TPSA) is 115 Å². The molecule has 0 unspecified atom stereocenters. The molecule has 3 aromatic heterocycles. The molecular weight excluding hydrogens is 453 g/mol. The molecule has 0 bridgehead atoms. The number of halogens is 1. The van der Waals surface area contributed by atoms with Gasteiger partial charge in [-0.3, -0.25) is 9.59 Å². The molecule has 0 saturated heterocycles. The normalized spacial score (nSPS) is 25.9. The van der Waals surface area contributed by atoms with Gasteiger partial charge in [0, 0.05) is 38.9 Å². The average Bonchev–Trinajstić information content (AvgIpc) is 3.37. The van der Waals surface area contributed by atoms with E-state index >= 15 is 0 Å². The van der Waals surface area contributed by atoms with Crippen molar-refractivity contribution in [1.29, 1.82) is 0 Å². The molecule has 10 nitrogen and oxygen atoms in total. The Morgan fingerprint density at radius 1 is 1.31 bits per heavy atom. The summed E-state index contributed by atoms with van der Waals surface area (Å²) in [6.07, 6.45) is 6.03. The van der Waals surface area contributed by atoms with Gasteiger partial charge in [-0.25, -0.2) is 9.37 Å².